The van der Waals surface area contributed by atoms with Gasteiger partial charge in [0, 0.05) is 25.4 Å². The van der Waals surface area contributed by atoms with Gasteiger partial charge in [0.2, 0.25) is 0 Å². The molecule has 0 saturated carbocycles. The molecule has 2 amide bonds. The predicted molar refractivity (Wildman–Crippen MR) is 82.8 cm³/mol. The summed E-state index contributed by atoms with van der Waals surface area (Å²) in [6, 6.07) is 8.88. The van der Waals surface area contributed by atoms with Crippen molar-refractivity contribution in [3.05, 3.63) is 30.3 Å². The van der Waals surface area contributed by atoms with E-state index in [-0.39, 0.29) is 12.0 Å². The minimum absolute atomic E-state index is 0.00573. The van der Waals surface area contributed by atoms with E-state index in [0.29, 0.717) is 25.2 Å². The van der Waals surface area contributed by atoms with Crippen LogP contribution in [0, 0.1) is 5.41 Å². The van der Waals surface area contributed by atoms with Crippen LogP contribution in [0.3, 0.4) is 0 Å². The van der Waals surface area contributed by atoms with Crippen LogP contribution in [0.25, 0.3) is 0 Å². The highest BCUT2D eigenvalue weighted by atomic mass is 16.3. The molecule has 116 valence electrons. The molecule has 1 rings (SSSR count). The topological polar surface area (TPSA) is 69.6 Å². The van der Waals surface area contributed by atoms with Crippen LogP contribution >= 0.6 is 0 Å². The number of aliphatic hydroxyl groups excluding tert-OH is 1. The first-order valence-corrected chi connectivity index (χ1v) is 7.09. The number of hydrogen-bond donors (Lipinski definition) is 2. The van der Waals surface area contributed by atoms with Crippen LogP contribution in [0.5, 0.6) is 0 Å². The first-order chi connectivity index (χ1) is 9.83. The fourth-order valence-electron chi connectivity index (χ4n) is 1.94. The maximum absolute atomic E-state index is 12.3. The summed E-state index contributed by atoms with van der Waals surface area (Å²) in [4.78, 5) is 25.8. The van der Waals surface area contributed by atoms with Crippen LogP contribution in [0.2, 0.25) is 0 Å². The van der Waals surface area contributed by atoms with Crippen molar-refractivity contribution >= 4 is 17.5 Å². The molecule has 0 saturated heterocycles. The van der Waals surface area contributed by atoms with Gasteiger partial charge < -0.3 is 15.3 Å². The summed E-state index contributed by atoms with van der Waals surface area (Å²) < 4.78 is 0. The van der Waals surface area contributed by atoms with Gasteiger partial charge in [-0.1, -0.05) is 39.0 Å². The highest BCUT2D eigenvalue weighted by Crippen LogP contribution is 2.16. The van der Waals surface area contributed by atoms with Crippen molar-refractivity contribution < 1.29 is 14.7 Å². The number of aliphatic hydroxyl groups is 1. The molecule has 0 spiro atoms. The SMILES string of the molecule is CC(C)(C)CN(CCCO)C(=O)C(=O)Nc1ccccc1. The minimum Gasteiger partial charge on any atom is -0.396 e. The molecule has 1 aromatic rings. The number of nitrogens with zero attached hydrogens (tertiary/aromatic N) is 1. The quantitative estimate of drug-likeness (QED) is 0.814. The predicted octanol–water partition coefficient (Wildman–Crippen LogP) is 1.88. The second-order valence-corrected chi connectivity index (χ2v) is 6.18. The zero-order valence-electron chi connectivity index (χ0n) is 12.9. The highest BCUT2D eigenvalue weighted by Gasteiger charge is 2.25. The molecular formula is C16H24N2O3. The average Bonchev–Trinajstić information content (AvgIpc) is 2.42. The first-order valence-electron chi connectivity index (χ1n) is 7.09. The average molecular weight is 292 g/mol. The number of amides is 2. The van der Waals surface area contributed by atoms with Gasteiger partial charge in [-0.15, -0.1) is 0 Å². The van der Waals surface area contributed by atoms with Crippen LogP contribution in [-0.2, 0) is 9.59 Å². The van der Waals surface area contributed by atoms with Crippen LogP contribution in [-0.4, -0.2) is 41.5 Å². The Morgan fingerprint density at radius 3 is 2.33 bits per heavy atom. The summed E-state index contributed by atoms with van der Waals surface area (Å²) in [7, 11) is 0. The summed E-state index contributed by atoms with van der Waals surface area (Å²) in [6.07, 6.45) is 0.459. The van der Waals surface area contributed by atoms with Crippen molar-refractivity contribution in [1.82, 2.24) is 4.90 Å². The lowest BCUT2D eigenvalue weighted by Crippen LogP contribution is -2.44. The molecule has 2 N–H and O–H groups in total. The van der Waals surface area contributed by atoms with E-state index in [4.69, 9.17) is 5.11 Å². The van der Waals surface area contributed by atoms with Crippen LogP contribution < -0.4 is 5.32 Å². The number of para-hydroxylation sites is 1. The van der Waals surface area contributed by atoms with Gasteiger partial charge in [-0.2, -0.15) is 0 Å². The summed E-state index contributed by atoms with van der Waals surface area (Å²) in [5, 5.41) is 11.5. The van der Waals surface area contributed by atoms with Gasteiger partial charge in [0.1, 0.15) is 0 Å². The summed E-state index contributed by atoms with van der Waals surface area (Å²) >= 11 is 0. The van der Waals surface area contributed by atoms with Crippen molar-refractivity contribution in [3.8, 4) is 0 Å². The van der Waals surface area contributed by atoms with E-state index in [1.165, 1.54) is 4.90 Å². The van der Waals surface area contributed by atoms with E-state index in [0.717, 1.165) is 0 Å². The number of carbonyl (C=O) groups is 2. The summed E-state index contributed by atoms with van der Waals surface area (Å²) in [6.45, 7) is 6.83. The van der Waals surface area contributed by atoms with Gasteiger partial charge in [0.05, 0.1) is 0 Å². The van der Waals surface area contributed by atoms with Crippen molar-refractivity contribution in [2.24, 2.45) is 5.41 Å². The third-order valence-electron chi connectivity index (χ3n) is 2.76. The number of carbonyl (C=O) groups excluding carboxylic acids is 2. The molecule has 0 aliphatic heterocycles. The fourth-order valence-corrected chi connectivity index (χ4v) is 1.94. The monoisotopic (exact) mass is 292 g/mol. The van der Waals surface area contributed by atoms with Crippen molar-refractivity contribution in [2.75, 3.05) is 25.0 Å². The Hall–Kier alpha value is -1.88. The molecule has 5 heteroatoms. The molecule has 0 radical (unpaired) electrons. The summed E-state index contributed by atoms with van der Waals surface area (Å²) in [5.41, 5.74) is 0.478. The van der Waals surface area contributed by atoms with Crippen molar-refractivity contribution in [1.29, 1.82) is 0 Å². The molecule has 0 unspecified atom stereocenters. The second-order valence-electron chi connectivity index (χ2n) is 6.18. The van der Waals surface area contributed by atoms with Gasteiger partial charge in [0.25, 0.3) is 0 Å². The molecule has 0 heterocycles. The smallest absolute Gasteiger partial charge is 0.313 e. The molecule has 0 atom stereocenters. The Balaban J connectivity index is 2.72. The van der Waals surface area contributed by atoms with E-state index in [9.17, 15) is 9.59 Å². The number of benzene rings is 1. The fraction of sp³-hybridized carbons (Fsp3) is 0.500. The number of nitrogens with one attached hydrogen (secondary N) is 1. The minimum atomic E-state index is -0.650. The van der Waals surface area contributed by atoms with Gasteiger partial charge in [-0.3, -0.25) is 9.59 Å². The van der Waals surface area contributed by atoms with E-state index in [1.807, 2.05) is 26.8 Å². The molecule has 21 heavy (non-hydrogen) atoms. The van der Waals surface area contributed by atoms with Crippen molar-refractivity contribution in [3.63, 3.8) is 0 Å². The van der Waals surface area contributed by atoms with E-state index in [1.54, 1.807) is 24.3 Å². The number of hydrogen-bond acceptors (Lipinski definition) is 3. The third-order valence-corrected chi connectivity index (χ3v) is 2.76. The lowest BCUT2D eigenvalue weighted by Gasteiger charge is -2.29. The van der Waals surface area contributed by atoms with Gasteiger partial charge in [0.15, 0.2) is 0 Å². The maximum Gasteiger partial charge on any atom is 0.313 e. The van der Waals surface area contributed by atoms with E-state index < -0.39 is 11.8 Å². The molecule has 0 aliphatic carbocycles. The van der Waals surface area contributed by atoms with E-state index in [2.05, 4.69) is 5.32 Å². The molecule has 1 aromatic carbocycles. The maximum atomic E-state index is 12.3. The zero-order valence-corrected chi connectivity index (χ0v) is 12.9. The second kappa shape index (κ2) is 7.78. The van der Waals surface area contributed by atoms with Crippen LogP contribution in [0.1, 0.15) is 27.2 Å². The molecule has 0 bridgehead atoms. The largest absolute Gasteiger partial charge is 0.396 e. The molecular weight excluding hydrogens is 268 g/mol. The highest BCUT2D eigenvalue weighted by molar-refractivity contribution is 6.39. The lowest BCUT2D eigenvalue weighted by atomic mass is 9.96. The normalized spacial score (nSPS) is 11.0. The van der Waals surface area contributed by atoms with Crippen molar-refractivity contribution in [2.45, 2.75) is 27.2 Å². The van der Waals surface area contributed by atoms with E-state index >= 15 is 0 Å². The molecule has 5 nitrogen and oxygen atoms in total. The lowest BCUT2D eigenvalue weighted by molar-refractivity contribution is -0.144. The van der Waals surface area contributed by atoms with Crippen LogP contribution in [0.15, 0.2) is 30.3 Å². The Morgan fingerprint density at radius 2 is 1.81 bits per heavy atom. The Morgan fingerprint density at radius 1 is 1.19 bits per heavy atom. The zero-order chi connectivity index (χ0) is 15.9. The molecule has 0 aliphatic rings. The number of anilines is 1. The van der Waals surface area contributed by atoms with Gasteiger partial charge >= 0.3 is 11.8 Å². The summed E-state index contributed by atoms with van der Waals surface area (Å²) in [5.74, 6) is -1.22. The van der Waals surface area contributed by atoms with Gasteiger partial charge in [-0.25, -0.2) is 0 Å². The molecule has 0 aromatic heterocycles. The Kier molecular flexibility index (Phi) is 6.37. The Labute approximate surface area is 126 Å². The third kappa shape index (κ3) is 6.40. The first kappa shape index (κ1) is 17.2. The Bertz CT molecular complexity index is 466. The van der Waals surface area contributed by atoms with Crippen LogP contribution in [0.4, 0.5) is 5.69 Å². The van der Waals surface area contributed by atoms with Gasteiger partial charge in [-0.05, 0) is 24.0 Å². The molecule has 0 fully saturated rings. The number of rotatable bonds is 5. The standard InChI is InChI=1S/C16H24N2O3/c1-16(2,3)12-18(10-7-11-19)15(21)14(20)17-13-8-5-4-6-9-13/h4-6,8-9,19H,7,10-12H2,1-3H3,(H,17,20).